The normalized spacial score (nSPS) is 10.4. The molecule has 2 rings (SSSR count). The molecule has 0 radical (unpaired) electrons. The summed E-state index contributed by atoms with van der Waals surface area (Å²) in [6.07, 6.45) is 0. The van der Waals surface area contributed by atoms with E-state index in [0.717, 1.165) is 4.57 Å². The van der Waals surface area contributed by atoms with Gasteiger partial charge in [0, 0.05) is 19.1 Å². The second-order valence-corrected chi connectivity index (χ2v) is 4.21. The zero-order valence-electron chi connectivity index (χ0n) is 9.88. The molecule has 2 aromatic rings. The number of hydrogen-bond donors (Lipinski definition) is 0. The van der Waals surface area contributed by atoms with Crippen molar-refractivity contribution in [3.05, 3.63) is 56.2 Å². The molecule has 5 nitrogen and oxygen atoms in total. The van der Waals surface area contributed by atoms with Gasteiger partial charge in [0.05, 0.1) is 6.07 Å². The van der Waals surface area contributed by atoms with Gasteiger partial charge in [-0.15, -0.1) is 0 Å². The summed E-state index contributed by atoms with van der Waals surface area (Å²) in [7, 11) is 2.95. The van der Waals surface area contributed by atoms with Crippen molar-refractivity contribution in [2.24, 2.45) is 14.1 Å². The van der Waals surface area contributed by atoms with Crippen molar-refractivity contribution in [3.63, 3.8) is 0 Å². The Balaban J connectivity index is 2.44. The second-order valence-electron chi connectivity index (χ2n) is 3.78. The highest BCUT2D eigenvalue weighted by Gasteiger charge is 2.07. The number of ether oxygens (including phenoxy) is 1. The molecular weight excluding hydrogens is 256 g/mol. The van der Waals surface area contributed by atoms with E-state index in [-0.39, 0.29) is 5.88 Å². The van der Waals surface area contributed by atoms with Gasteiger partial charge in [0.15, 0.2) is 0 Å². The van der Waals surface area contributed by atoms with Crippen LogP contribution in [0.1, 0.15) is 0 Å². The van der Waals surface area contributed by atoms with Crippen molar-refractivity contribution >= 4 is 11.6 Å². The van der Waals surface area contributed by atoms with Crippen LogP contribution in [-0.4, -0.2) is 9.13 Å². The van der Waals surface area contributed by atoms with Crippen molar-refractivity contribution < 1.29 is 4.74 Å². The van der Waals surface area contributed by atoms with Crippen LogP contribution in [0.15, 0.2) is 39.9 Å². The number of hydrogen-bond acceptors (Lipinski definition) is 3. The molecule has 0 aliphatic rings. The number of aromatic nitrogens is 2. The Bertz CT molecular complexity index is 686. The van der Waals surface area contributed by atoms with Gasteiger partial charge in [-0.3, -0.25) is 13.9 Å². The fourth-order valence-electron chi connectivity index (χ4n) is 1.43. The molecule has 0 amide bonds. The van der Waals surface area contributed by atoms with E-state index >= 15 is 0 Å². The highest BCUT2D eigenvalue weighted by molar-refractivity contribution is 6.30. The molecule has 1 aromatic carbocycles. The summed E-state index contributed by atoms with van der Waals surface area (Å²) in [5.74, 6) is 0.688. The molecule has 0 bridgehead atoms. The third-order valence-corrected chi connectivity index (χ3v) is 2.77. The Morgan fingerprint density at radius 3 is 2.28 bits per heavy atom. The molecule has 18 heavy (non-hydrogen) atoms. The topological polar surface area (TPSA) is 53.2 Å². The zero-order chi connectivity index (χ0) is 13.3. The Morgan fingerprint density at radius 2 is 1.67 bits per heavy atom. The average molecular weight is 267 g/mol. The largest absolute Gasteiger partial charge is 0.440 e. The molecule has 0 fully saturated rings. The fraction of sp³-hybridized carbons (Fsp3) is 0.167. The second kappa shape index (κ2) is 4.70. The molecule has 0 aliphatic carbocycles. The van der Waals surface area contributed by atoms with Gasteiger partial charge in [-0.1, -0.05) is 11.6 Å². The number of rotatable bonds is 2. The number of nitrogens with zero attached hydrogens (tertiary/aromatic N) is 2. The predicted molar refractivity (Wildman–Crippen MR) is 68.5 cm³/mol. The maximum atomic E-state index is 11.7. The third-order valence-electron chi connectivity index (χ3n) is 2.52. The van der Waals surface area contributed by atoms with Gasteiger partial charge in [-0.2, -0.15) is 0 Å². The highest BCUT2D eigenvalue weighted by atomic mass is 35.5. The predicted octanol–water partition coefficient (Wildman–Crippen LogP) is 1.53. The Morgan fingerprint density at radius 1 is 1.06 bits per heavy atom. The van der Waals surface area contributed by atoms with E-state index < -0.39 is 11.2 Å². The minimum atomic E-state index is -0.438. The molecule has 1 heterocycles. The first-order chi connectivity index (χ1) is 8.49. The summed E-state index contributed by atoms with van der Waals surface area (Å²) in [5, 5.41) is 0.584. The van der Waals surface area contributed by atoms with Crippen LogP contribution in [0.4, 0.5) is 0 Å². The van der Waals surface area contributed by atoms with Gasteiger partial charge in [-0.25, -0.2) is 4.79 Å². The highest BCUT2D eigenvalue weighted by Crippen LogP contribution is 2.20. The number of benzene rings is 1. The Hall–Kier alpha value is -2.01. The van der Waals surface area contributed by atoms with E-state index in [1.807, 2.05) is 0 Å². The summed E-state index contributed by atoms with van der Waals surface area (Å²) in [5.41, 5.74) is -0.853. The standard InChI is InChI=1S/C12H11ClN2O3/c1-14-10(16)7-11(15(2)12(14)17)18-9-5-3-8(13)4-6-9/h3-7H,1-2H3. The lowest BCUT2D eigenvalue weighted by atomic mass is 10.3. The van der Waals surface area contributed by atoms with Crippen molar-refractivity contribution in [1.29, 1.82) is 0 Å². The maximum Gasteiger partial charge on any atom is 0.333 e. The molecule has 0 spiro atoms. The van der Waals surface area contributed by atoms with E-state index in [1.165, 1.54) is 24.7 Å². The van der Waals surface area contributed by atoms with Gasteiger partial charge < -0.3 is 4.74 Å². The van der Waals surface area contributed by atoms with Crippen molar-refractivity contribution in [2.45, 2.75) is 0 Å². The molecule has 0 saturated carbocycles. The molecule has 0 atom stereocenters. The first-order valence-corrected chi connectivity index (χ1v) is 5.57. The lowest BCUT2D eigenvalue weighted by molar-refractivity contribution is 0.423. The van der Waals surface area contributed by atoms with Crippen LogP contribution in [0.2, 0.25) is 5.02 Å². The van der Waals surface area contributed by atoms with Gasteiger partial charge in [-0.05, 0) is 24.3 Å². The van der Waals surface area contributed by atoms with Crippen LogP contribution in [0.25, 0.3) is 0 Å². The quantitative estimate of drug-likeness (QED) is 0.828. The van der Waals surface area contributed by atoms with Crippen LogP contribution in [0.5, 0.6) is 11.6 Å². The smallest absolute Gasteiger partial charge is 0.333 e. The van der Waals surface area contributed by atoms with E-state index in [9.17, 15) is 9.59 Å². The molecule has 0 N–H and O–H groups in total. The van der Waals surface area contributed by atoms with Gasteiger partial charge in [0.25, 0.3) is 5.56 Å². The Kier molecular flexibility index (Phi) is 3.25. The summed E-state index contributed by atoms with van der Waals surface area (Å²) in [6.45, 7) is 0. The van der Waals surface area contributed by atoms with E-state index in [4.69, 9.17) is 16.3 Å². The lowest BCUT2D eigenvalue weighted by Gasteiger charge is -2.10. The van der Waals surface area contributed by atoms with Crippen LogP contribution in [0, 0.1) is 0 Å². The minimum absolute atomic E-state index is 0.186. The van der Waals surface area contributed by atoms with Gasteiger partial charge in [0.1, 0.15) is 5.75 Å². The molecule has 0 aliphatic heterocycles. The zero-order valence-corrected chi connectivity index (χ0v) is 10.6. The first-order valence-electron chi connectivity index (χ1n) is 5.19. The molecule has 94 valence electrons. The average Bonchev–Trinajstić information content (AvgIpc) is 2.36. The third kappa shape index (κ3) is 2.31. The summed E-state index contributed by atoms with van der Waals surface area (Å²) >= 11 is 5.75. The molecule has 1 aromatic heterocycles. The maximum absolute atomic E-state index is 11.7. The van der Waals surface area contributed by atoms with E-state index in [0.29, 0.717) is 10.8 Å². The van der Waals surface area contributed by atoms with Gasteiger partial charge in [0.2, 0.25) is 5.88 Å². The lowest BCUT2D eigenvalue weighted by Crippen LogP contribution is -2.36. The SMILES string of the molecule is Cn1c(Oc2ccc(Cl)cc2)cc(=O)n(C)c1=O. The molecular formula is C12H11ClN2O3. The Labute approximate surface area is 108 Å². The summed E-state index contributed by atoms with van der Waals surface area (Å²) < 4.78 is 7.74. The van der Waals surface area contributed by atoms with Crippen molar-refractivity contribution in [1.82, 2.24) is 9.13 Å². The van der Waals surface area contributed by atoms with Crippen LogP contribution < -0.4 is 16.0 Å². The fourth-order valence-corrected chi connectivity index (χ4v) is 1.56. The van der Waals surface area contributed by atoms with Crippen LogP contribution in [-0.2, 0) is 14.1 Å². The summed E-state index contributed by atoms with van der Waals surface area (Å²) in [4.78, 5) is 23.2. The van der Waals surface area contributed by atoms with Gasteiger partial charge >= 0.3 is 5.69 Å². The molecule has 6 heteroatoms. The van der Waals surface area contributed by atoms with Crippen LogP contribution in [0.3, 0.4) is 0 Å². The van der Waals surface area contributed by atoms with Crippen LogP contribution >= 0.6 is 11.6 Å². The molecule has 0 unspecified atom stereocenters. The number of halogens is 1. The molecule has 0 saturated heterocycles. The van der Waals surface area contributed by atoms with Crippen molar-refractivity contribution in [3.8, 4) is 11.6 Å². The van der Waals surface area contributed by atoms with Crippen molar-refractivity contribution in [2.75, 3.05) is 0 Å². The summed E-state index contributed by atoms with van der Waals surface area (Å²) in [6, 6.07) is 7.90. The van der Waals surface area contributed by atoms with E-state index in [2.05, 4.69) is 0 Å². The minimum Gasteiger partial charge on any atom is -0.440 e. The monoisotopic (exact) mass is 266 g/mol. The van der Waals surface area contributed by atoms with E-state index in [1.54, 1.807) is 24.3 Å². The first kappa shape index (κ1) is 12.4.